The van der Waals surface area contributed by atoms with Crippen molar-refractivity contribution in [3.8, 4) is 16.4 Å². The number of halogens is 3. The number of benzene rings is 1. The third kappa shape index (κ3) is 3.22. The molecule has 0 aliphatic heterocycles. The molecule has 3 aromatic heterocycles. The molecule has 0 bridgehead atoms. The first-order chi connectivity index (χ1) is 13.3. The molecule has 0 fully saturated rings. The Labute approximate surface area is 160 Å². The molecule has 0 unspecified atom stereocenters. The first kappa shape index (κ1) is 18.1. The summed E-state index contributed by atoms with van der Waals surface area (Å²) in [5.74, 6) is -0.869. The van der Waals surface area contributed by atoms with Crippen LogP contribution in [0, 0.1) is 6.92 Å². The van der Waals surface area contributed by atoms with Crippen molar-refractivity contribution in [3.05, 3.63) is 71.4 Å². The third-order valence-corrected chi connectivity index (χ3v) is 4.81. The summed E-state index contributed by atoms with van der Waals surface area (Å²) < 4.78 is 42.9. The van der Waals surface area contributed by atoms with E-state index >= 15 is 0 Å². The summed E-state index contributed by atoms with van der Waals surface area (Å²) in [5, 5.41) is 5.48. The largest absolute Gasteiger partial charge is 0.434 e. The minimum atomic E-state index is -4.79. The summed E-state index contributed by atoms with van der Waals surface area (Å²) >= 11 is 1.02. The van der Waals surface area contributed by atoms with Crippen LogP contribution < -0.4 is 0 Å². The molecule has 0 amide bonds. The van der Waals surface area contributed by atoms with Crippen LogP contribution in [-0.2, 0) is 6.18 Å². The van der Waals surface area contributed by atoms with Crippen molar-refractivity contribution in [2.75, 3.05) is 0 Å². The lowest BCUT2D eigenvalue weighted by molar-refractivity contribution is -0.143. The lowest BCUT2D eigenvalue weighted by atomic mass is 10.1. The Balaban J connectivity index is 1.80. The predicted octanol–water partition coefficient (Wildman–Crippen LogP) is 4.21. The molecule has 0 aliphatic rings. The van der Waals surface area contributed by atoms with E-state index in [1.165, 1.54) is 12.4 Å². The van der Waals surface area contributed by atoms with E-state index in [0.717, 1.165) is 39.6 Å². The van der Waals surface area contributed by atoms with Crippen LogP contribution in [0.4, 0.5) is 13.2 Å². The molecule has 6 nitrogen and oxygen atoms in total. The summed E-state index contributed by atoms with van der Waals surface area (Å²) in [6.07, 6.45) is -0.168. The molecule has 4 aromatic rings. The SMILES string of the molecule is Cc1cccc(-c2csc(-n3ncc(C(=O)n4ccnc4)c3C(F)(F)F)n2)c1. The number of imidazole rings is 1. The van der Waals surface area contributed by atoms with Gasteiger partial charge in [0.25, 0.3) is 5.91 Å². The second-order valence-electron chi connectivity index (χ2n) is 5.98. The van der Waals surface area contributed by atoms with Crippen molar-refractivity contribution in [1.29, 1.82) is 0 Å². The molecule has 0 saturated heterocycles. The summed E-state index contributed by atoms with van der Waals surface area (Å²) in [6.45, 7) is 1.92. The standard InChI is InChI=1S/C18H12F3N5OS/c1-11-3-2-4-12(7-11)14-9-28-17(24-14)26-15(18(19,20)21)13(8-23-26)16(27)25-6-5-22-10-25/h2-10H,1H3. The lowest BCUT2D eigenvalue weighted by Gasteiger charge is -2.10. The van der Waals surface area contributed by atoms with E-state index in [1.54, 1.807) is 5.38 Å². The smallest absolute Gasteiger partial charge is 0.272 e. The van der Waals surface area contributed by atoms with E-state index in [1.807, 2.05) is 31.2 Å². The molecule has 28 heavy (non-hydrogen) atoms. The average molecular weight is 403 g/mol. The number of thiazole rings is 1. The average Bonchev–Trinajstić information content (AvgIpc) is 3.39. The fraction of sp³-hybridized carbons (Fsp3) is 0.111. The zero-order chi connectivity index (χ0) is 19.9. The highest BCUT2D eigenvalue weighted by molar-refractivity contribution is 7.12. The van der Waals surface area contributed by atoms with E-state index in [9.17, 15) is 18.0 Å². The van der Waals surface area contributed by atoms with Crippen molar-refractivity contribution >= 4 is 17.2 Å². The van der Waals surface area contributed by atoms with Gasteiger partial charge in [-0.15, -0.1) is 11.3 Å². The van der Waals surface area contributed by atoms with Gasteiger partial charge in [-0.1, -0.05) is 23.8 Å². The van der Waals surface area contributed by atoms with E-state index in [2.05, 4.69) is 15.1 Å². The Morgan fingerprint density at radius 1 is 1.25 bits per heavy atom. The van der Waals surface area contributed by atoms with Gasteiger partial charge in [0.15, 0.2) is 5.69 Å². The molecule has 0 N–H and O–H groups in total. The number of carbonyl (C=O) groups excluding carboxylic acids is 1. The highest BCUT2D eigenvalue weighted by Crippen LogP contribution is 2.35. The number of alkyl halides is 3. The molecular weight excluding hydrogens is 391 g/mol. The zero-order valence-corrected chi connectivity index (χ0v) is 15.2. The van der Waals surface area contributed by atoms with Crippen molar-refractivity contribution in [2.45, 2.75) is 13.1 Å². The Hall–Kier alpha value is -3.27. The lowest BCUT2D eigenvalue weighted by Crippen LogP contribution is -2.20. The van der Waals surface area contributed by atoms with Crippen LogP contribution in [0.1, 0.15) is 21.6 Å². The topological polar surface area (TPSA) is 65.6 Å². The molecule has 142 valence electrons. The van der Waals surface area contributed by atoms with Crippen LogP contribution in [0.3, 0.4) is 0 Å². The number of hydrogen-bond donors (Lipinski definition) is 0. The summed E-state index contributed by atoms with van der Waals surface area (Å²) in [4.78, 5) is 20.4. The minimum Gasteiger partial charge on any atom is -0.272 e. The number of carbonyl (C=O) groups is 1. The third-order valence-electron chi connectivity index (χ3n) is 3.99. The van der Waals surface area contributed by atoms with Crippen LogP contribution in [0.25, 0.3) is 16.4 Å². The van der Waals surface area contributed by atoms with Gasteiger partial charge >= 0.3 is 6.18 Å². The van der Waals surface area contributed by atoms with Crippen LogP contribution >= 0.6 is 11.3 Å². The second kappa shape index (κ2) is 6.71. The highest BCUT2D eigenvalue weighted by Gasteiger charge is 2.41. The normalized spacial score (nSPS) is 11.7. The van der Waals surface area contributed by atoms with Gasteiger partial charge < -0.3 is 0 Å². The Kier molecular flexibility index (Phi) is 4.34. The van der Waals surface area contributed by atoms with Crippen LogP contribution in [0.5, 0.6) is 0 Å². The van der Waals surface area contributed by atoms with E-state index in [0.29, 0.717) is 10.4 Å². The Morgan fingerprint density at radius 2 is 2.07 bits per heavy atom. The number of aryl methyl sites for hydroxylation is 1. The molecule has 10 heteroatoms. The summed E-state index contributed by atoms with van der Waals surface area (Å²) in [6, 6.07) is 7.48. The highest BCUT2D eigenvalue weighted by atomic mass is 32.1. The summed E-state index contributed by atoms with van der Waals surface area (Å²) in [7, 11) is 0. The minimum absolute atomic E-state index is 0.0218. The fourth-order valence-corrected chi connectivity index (χ4v) is 3.53. The summed E-state index contributed by atoms with van der Waals surface area (Å²) in [5.41, 5.74) is 0.595. The number of nitrogens with zero attached hydrogens (tertiary/aromatic N) is 5. The molecule has 3 heterocycles. The van der Waals surface area contributed by atoms with Crippen LogP contribution in [0.15, 0.2) is 54.6 Å². The van der Waals surface area contributed by atoms with Gasteiger partial charge in [0.2, 0.25) is 5.13 Å². The van der Waals surface area contributed by atoms with Gasteiger partial charge in [-0.05, 0) is 13.0 Å². The maximum absolute atomic E-state index is 13.8. The Morgan fingerprint density at radius 3 is 2.75 bits per heavy atom. The van der Waals surface area contributed by atoms with Gasteiger partial charge in [-0.25, -0.2) is 14.6 Å². The molecule has 0 spiro atoms. The van der Waals surface area contributed by atoms with Crippen molar-refractivity contribution in [1.82, 2.24) is 24.3 Å². The van der Waals surface area contributed by atoms with Crippen molar-refractivity contribution in [3.63, 3.8) is 0 Å². The predicted molar refractivity (Wildman–Crippen MR) is 96.4 cm³/mol. The second-order valence-corrected chi connectivity index (χ2v) is 6.81. The molecule has 0 atom stereocenters. The van der Waals surface area contributed by atoms with E-state index < -0.39 is 23.3 Å². The molecule has 0 aliphatic carbocycles. The van der Waals surface area contributed by atoms with Gasteiger partial charge in [0, 0.05) is 23.3 Å². The van der Waals surface area contributed by atoms with Crippen molar-refractivity contribution in [2.24, 2.45) is 0 Å². The maximum atomic E-state index is 13.8. The quantitative estimate of drug-likeness (QED) is 0.514. The van der Waals surface area contributed by atoms with Crippen LogP contribution in [-0.4, -0.2) is 30.2 Å². The molecule has 0 radical (unpaired) electrons. The first-order valence-electron chi connectivity index (χ1n) is 8.05. The van der Waals surface area contributed by atoms with Gasteiger partial charge in [0.05, 0.1) is 17.5 Å². The van der Waals surface area contributed by atoms with Gasteiger partial charge in [-0.3, -0.25) is 9.36 Å². The number of hydrogen-bond acceptors (Lipinski definition) is 5. The molecule has 4 rings (SSSR count). The van der Waals surface area contributed by atoms with Gasteiger partial charge in [0.1, 0.15) is 6.33 Å². The fourth-order valence-electron chi connectivity index (χ4n) is 2.74. The van der Waals surface area contributed by atoms with E-state index in [4.69, 9.17) is 0 Å². The molecule has 0 saturated carbocycles. The first-order valence-corrected chi connectivity index (χ1v) is 8.93. The molecular formula is C18H12F3N5OS. The van der Waals surface area contributed by atoms with Gasteiger partial charge in [-0.2, -0.15) is 18.3 Å². The number of aromatic nitrogens is 5. The maximum Gasteiger partial charge on any atom is 0.434 e. The number of rotatable bonds is 3. The zero-order valence-electron chi connectivity index (χ0n) is 14.4. The monoisotopic (exact) mass is 403 g/mol. The molecule has 1 aromatic carbocycles. The Bertz CT molecular complexity index is 1140. The van der Waals surface area contributed by atoms with E-state index in [-0.39, 0.29) is 5.13 Å². The van der Waals surface area contributed by atoms with Crippen LogP contribution in [0.2, 0.25) is 0 Å². The van der Waals surface area contributed by atoms with Crippen molar-refractivity contribution < 1.29 is 18.0 Å².